The minimum absolute atomic E-state index is 0.0713. The number of nitrogens with zero attached hydrogens (tertiary/aromatic N) is 1. The quantitative estimate of drug-likeness (QED) is 0.0643. The predicted molar refractivity (Wildman–Crippen MR) is 189 cm³/mol. The number of alkyl carbamates (subject to hydrolysis) is 3. The van der Waals surface area contributed by atoms with E-state index in [1.807, 2.05) is 0 Å². The topological polar surface area (TPSA) is 178 Å². The average molecular weight is 683 g/mol. The molecule has 14 nitrogen and oxygen atoms in total. The van der Waals surface area contributed by atoms with Gasteiger partial charge < -0.3 is 29.6 Å². The Bertz CT molecular complexity index is 1490. The number of carbonyl (C=O) groups excluding carboxylic acids is 4. The van der Waals surface area contributed by atoms with Gasteiger partial charge in [0, 0.05) is 17.1 Å². The normalized spacial score (nSPS) is 12.1. The number of amides is 3. The van der Waals surface area contributed by atoms with Gasteiger partial charge in [-0.25, -0.2) is 24.2 Å². The third-order valence-electron chi connectivity index (χ3n) is 5.10. The van der Waals surface area contributed by atoms with E-state index in [1.165, 1.54) is 0 Å². The van der Waals surface area contributed by atoms with Gasteiger partial charge in [-0.05, 0) is 132 Å². The fourth-order valence-corrected chi connectivity index (χ4v) is 3.56. The van der Waals surface area contributed by atoms with Gasteiger partial charge in [-0.1, -0.05) is 0 Å². The maximum Gasteiger partial charge on any atom is 0.414 e. The Morgan fingerprint density at radius 1 is 0.531 bits per heavy atom. The Morgan fingerprint density at radius 3 is 1.31 bits per heavy atom. The van der Waals surface area contributed by atoms with E-state index >= 15 is 0 Å². The third-order valence-corrected chi connectivity index (χ3v) is 5.10. The number of nitrogens with one attached hydrogen (secondary N) is 5. The van der Waals surface area contributed by atoms with Crippen LogP contribution in [0.1, 0.15) is 83.1 Å². The zero-order chi connectivity index (χ0) is 37.2. The highest BCUT2D eigenvalue weighted by Crippen LogP contribution is 2.23. The van der Waals surface area contributed by atoms with Crippen LogP contribution in [0.2, 0.25) is 0 Å². The van der Waals surface area contributed by atoms with E-state index in [0.29, 0.717) is 11.4 Å². The monoisotopic (exact) mass is 682 g/mol. The van der Waals surface area contributed by atoms with Crippen LogP contribution >= 0.6 is 0 Å². The molecule has 0 aliphatic rings. The molecule has 14 heteroatoms. The van der Waals surface area contributed by atoms with Crippen molar-refractivity contribution in [2.24, 2.45) is 4.99 Å². The number of aliphatic imine (C=N–C) groups is 1. The van der Waals surface area contributed by atoms with E-state index in [2.05, 4.69) is 31.6 Å². The van der Waals surface area contributed by atoms with Gasteiger partial charge in [-0.3, -0.25) is 16.0 Å². The molecule has 0 saturated carbocycles. The maximum absolute atomic E-state index is 12.5. The smallest absolute Gasteiger partial charge is 0.414 e. The van der Waals surface area contributed by atoms with Crippen molar-refractivity contribution in [1.29, 1.82) is 0 Å². The Kier molecular flexibility index (Phi) is 13.2. The summed E-state index contributed by atoms with van der Waals surface area (Å²) < 4.78 is 21.3. The molecule has 2 aromatic rings. The molecule has 0 aliphatic heterocycles. The molecule has 5 N–H and O–H groups in total. The van der Waals surface area contributed by atoms with E-state index in [9.17, 15) is 19.2 Å². The van der Waals surface area contributed by atoms with E-state index in [4.69, 9.17) is 18.9 Å². The number of carbonyl (C=O) groups is 4. The average Bonchev–Trinajstić information content (AvgIpc) is 2.86. The van der Waals surface area contributed by atoms with Gasteiger partial charge in [0.25, 0.3) is 0 Å². The number of hydrogen-bond donors (Lipinski definition) is 5. The Hall–Kier alpha value is -5.27. The van der Waals surface area contributed by atoms with Crippen LogP contribution in [0, 0.1) is 0 Å². The van der Waals surface area contributed by atoms with Gasteiger partial charge in [-0.15, -0.1) is 0 Å². The third kappa shape index (κ3) is 18.0. The van der Waals surface area contributed by atoms with Crippen LogP contribution in [-0.4, -0.2) is 52.6 Å². The summed E-state index contributed by atoms with van der Waals surface area (Å²) in [7, 11) is 0. The molecule has 0 bridgehead atoms. The van der Waals surface area contributed by atoms with E-state index < -0.39 is 46.7 Å². The van der Waals surface area contributed by atoms with Crippen molar-refractivity contribution >= 4 is 53.0 Å². The molecule has 0 radical (unpaired) electrons. The first-order chi connectivity index (χ1) is 22.3. The molecule has 49 heavy (non-hydrogen) atoms. The molecule has 0 fully saturated rings. The fraction of sp³-hybridized carbons (Fsp3) is 0.457. The second kappa shape index (κ2) is 16.2. The number of ether oxygens (including phenoxy) is 4. The summed E-state index contributed by atoms with van der Waals surface area (Å²) in [6.07, 6.45) is -1.20. The lowest BCUT2D eigenvalue weighted by Crippen LogP contribution is -2.47. The molecule has 3 amide bonds. The van der Waals surface area contributed by atoms with Crippen molar-refractivity contribution in [3.63, 3.8) is 0 Å². The van der Waals surface area contributed by atoms with Crippen LogP contribution in [0.3, 0.4) is 0 Å². The van der Waals surface area contributed by atoms with Crippen LogP contribution < -0.4 is 26.6 Å². The lowest BCUT2D eigenvalue weighted by molar-refractivity contribution is -0.148. The molecule has 0 aliphatic carbocycles. The van der Waals surface area contributed by atoms with Gasteiger partial charge in [0.05, 0.1) is 11.8 Å². The van der Waals surface area contributed by atoms with Crippen LogP contribution in [0.5, 0.6) is 0 Å². The molecule has 2 rings (SSSR count). The highest BCUT2D eigenvalue weighted by molar-refractivity contribution is 6.02. The molecule has 0 saturated heterocycles. The van der Waals surface area contributed by atoms with Crippen molar-refractivity contribution < 1.29 is 38.1 Å². The Morgan fingerprint density at radius 2 is 0.898 bits per heavy atom. The lowest BCUT2D eigenvalue weighted by atomic mass is 10.2. The van der Waals surface area contributed by atoms with Gasteiger partial charge in [0.1, 0.15) is 28.2 Å². The summed E-state index contributed by atoms with van der Waals surface area (Å²) in [5, 5.41) is 13.7. The standard InChI is InChI=1S/C35H50N6O8/c1-32(2,3)46-27(42)21-26(39-29(43)47-33(4,5)6)37-24-17-13-22(14-18-24)36-23-15-19-25(20-16-23)38-28(40-30(44)48-34(7,8)9)41-31(45)49-35(10,11)12/h13-21,36-37H,1-12H3,(H,39,43)(H2,38,40,41,44,45)/b26-21-. The second-order valence-corrected chi connectivity index (χ2v) is 14.8. The van der Waals surface area contributed by atoms with E-state index in [-0.39, 0.29) is 11.8 Å². The number of benzene rings is 2. The largest absolute Gasteiger partial charge is 0.457 e. The van der Waals surface area contributed by atoms with Crippen molar-refractivity contribution in [3.8, 4) is 0 Å². The summed E-state index contributed by atoms with van der Waals surface area (Å²) in [6.45, 7) is 20.7. The number of hydrogen-bond acceptors (Lipinski definition) is 11. The molecular weight excluding hydrogens is 632 g/mol. The highest BCUT2D eigenvalue weighted by Gasteiger charge is 2.22. The van der Waals surface area contributed by atoms with E-state index in [1.54, 1.807) is 132 Å². The van der Waals surface area contributed by atoms with Gasteiger partial charge >= 0.3 is 24.2 Å². The summed E-state index contributed by atoms with van der Waals surface area (Å²) in [5.41, 5.74) is -0.541. The predicted octanol–water partition coefficient (Wildman–Crippen LogP) is 7.59. The van der Waals surface area contributed by atoms with Crippen molar-refractivity contribution in [3.05, 3.63) is 60.4 Å². The zero-order valence-electron chi connectivity index (χ0n) is 30.4. The Labute approximate surface area is 288 Å². The summed E-state index contributed by atoms with van der Waals surface area (Å²) in [4.78, 5) is 54.0. The molecule has 0 unspecified atom stereocenters. The first-order valence-electron chi connectivity index (χ1n) is 15.6. The summed E-state index contributed by atoms with van der Waals surface area (Å²) in [5.74, 6) is -0.749. The van der Waals surface area contributed by atoms with Gasteiger partial charge in [0.15, 0.2) is 0 Å². The van der Waals surface area contributed by atoms with Crippen molar-refractivity contribution in [2.75, 3.05) is 10.6 Å². The summed E-state index contributed by atoms with van der Waals surface area (Å²) in [6, 6.07) is 14.0. The van der Waals surface area contributed by atoms with Crippen molar-refractivity contribution in [2.45, 2.75) is 105 Å². The minimum Gasteiger partial charge on any atom is -0.457 e. The SMILES string of the molecule is CC(C)(C)OC(=O)/C=C(\NC(=O)OC(C)(C)C)Nc1ccc(Nc2ccc(N=C(NC(=O)OC(C)(C)C)NC(=O)OC(C)(C)C)cc2)cc1. The van der Waals surface area contributed by atoms with E-state index in [0.717, 1.165) is 17.5 Å². The number of guanidine groups is 1. The number of esters is 1. The zero-order valence-corrected chi connectivity index (χ0v) is 30.4. The molecule has 2 aromatic carbocycles. The fourth-order valence-electron chi connectivity index (χ4n) is 3.56. The Balaban J connectivity index is 2.19. The molecule has 0 aromatic heterocycles. The van der Waals surface area contributed by atoms with Crippen molar-refractivity contribution in [1.82, 2.24) is 16.0 Å². The summed E-state index contributed by atoms with van der Waals surface area (Å²) >= 11 is 0. The van der Waals surface area contributed by atoms with Gasteiger partial charge in [0.2, 0.25) is 5.96 Å². The second-order valence-electron chi connectivity index (χ2n) is 14.8. The number of rotatable bonds is 7. The molecule has 268 valence electrons. The van der Waals surface area contributed by atoms with Crippen LogP contribution in [-0.2, 0) is 23.7 Å². The molecule has 0 spiro atoms. The van der Waals surface area contributed by atoms with Crippen LogP contribution in [0.4, 0.5) is 37.1 Å². The lowest BCUT2D eigenvalue weighted by Gasteiger charge is -2.22. The highest BCUT2D eigenvalue weighted by atomic mass is 16.6. The van der Waals surface area contributed by atoms with Crippen LogP contribution in [0.15, 0.2) is 65.4 Å². The minimum atomic E-state index is -0.799. The molecule has 0 atom stereocenters. The first-order valence-corrected chi connectivity index (χ1v) is 15.6. The molecular formula is C35H50N6O8. The number of anilines is 3. The maximum atomic E-state index is 12.5. The first kappa shape index (κ1) is 39.9. The van der Waals surface area contributed by atoms with Crippen LogP contribution in [0.25, 0.3) is 0 Å². The molecule has 0 heterocycles. The van der Waals surface area contributed by atoms with Gasteiger partial charge in [-0.2, -0.15) is 0 Å².